The number of nitrogens with one attached hydrogen (secondary N) is 1. The van der Waals surface area contributed by atoms with Crippen LogP contribution in [0.2, 0.25) is 0 Å². The Morgan fingerprint density at radius 3 is 2.58 bits per heavy atom. The van der Waals surface area contributed by atoms with Gasteiger partial charge in [0.25, 0.3) is 0 Å². The predicted molar refractivity (Wildman–Crippen MR) is 114 cm³/mol. The smallest absolute Gasteiger partial charge is 0.244 e. The van der Waals surface area contributed by atoms with Crippen LogP contribution in [0.15, 0.2) is 78.0 Å². The second-order valence-corrected chi connectivity index (χ2v) is 8.11. The SMILES string of the molecule is NS(=O)(=O)c1ccc(CCNC(=O)/C=C/c2ccc(Oc3cccnc3)c(F)c2)cc1. The zero-order chi connectivity index (χ0) is 22.3. The molecule has 0 aliphatic heterocycles. The molecule has 1 aromatic heterocycles. The summed E-state index contributed by atoms with van der Waals surface area (Å²) >= 11 is 0. The molecule has 0 radical (unpaired) electrons. The number of hydrogen-bond donors (Lipinski definition) is 2. The van der Waals surface area contributed by atoms with E-state index in [1.54, 1.807) is 36.5 Å². The third-order valence-electron chi connectivity index (χ3n) is 4.21. The Morgan fingerprint density at radius 2 is 1.94 bits per heavy atom. The van der Waals surface area contributed by atoms with Crippen LogP contribution in [0.4, 0.5) is 4.39 Å². The highest BCUT2D eigenvalue weighted by atomic mass is 32.2. The number of benzene rings is 2. The lowest BCUT2D eigenvalue weighted by molar-refractivity contribution is -0.116. The van der Waals surface area contributed by atoms with Crippen molar-refractivity contribution in [3.8, 4) is 11.5 Å². The van der Waals surface area contributed by atoms with Gasteiger partial charge in [0.1, 0.15) is 5.75 Å². The number of carbonyl (C=O) groups is 1. The van der Waals surface area contributed by atoms with Crippen LogP contribution in [0.3, 0.4) is 0 Å². The molecular formula is C22H20FN3O4S. The van der Waals surface area contributed by atoms with Crippen molar-refractivity contribution in [2.75, 3.05) is 6.54 Å². The first kappa shape index (κ1) is 22.1. The maximum atomic E-state index is 14.2. The average Bonchev–Trinajstić information content (AvgIpc) is 2.74. The van der Waals surface area contributed by atoms with E-state index in [4.69, 9.17) is 9.88 Å². The van der Waals surface area contributed by atoms with E-state index in [0.717, 1.165) is 5.56 Å². The van der Waals surface area contributed by atoms with Gasteiger partial charge in [-0.2, -0.15) is 0 Å². The van der Waals surface area contributed by atoms with Gasteiger partial charge < -0.3 is 10.1 Å². The van der Waals surface area contributed by atoms with Crippen LogP contribution in [0.25, 0.3) is 6.08 Å². The summed E-state index contributed by atoms with van der Waals surface area (Å²) in [7, 11) is -3.73. The molecule has 31 heavy (non-hydrogen) atoms. The molecule has 0 atom stereocenters. The fourth-order valence-corrected chi connectivity index (χ4v) is 3.16. The molecule has 0 saturated heterocycles. The van der Waals surface area contributed by atoms with E-state index in [2.05, 4.69) is 10.3 Å². The molecule has 2 aromatic carbocycles. The number of carbonyl (C=O) groups excluding carboxylic acids is 1. The molecule has 0 aliphatic carbocycles. The van der Waals surface area contributed by atoms with E-state index >= 15 is 0 Å². The number of rotatable bonds is 8. The maximum Gasteiger partial charge on any atom is 0.244 e. The third-order valence-corrected chi connectivity index (χ3v) is 5.14. The zero-order valence-electron chi connectivity index (χ0n) is 16.4. The summed E-state index contributed by atoms with van der Waals surface area (Å²) in [5.41, 5.74) is 1.35. The number of nitrogens with zero attached hydrogens (tertiary/aromatic N) is 1. The molecule has 0 spiro atoms. The highest BCUT2D eigenvalue weighted by Gasteiger charge is 2.07. The van der Waals surface area contributed by atoms with Crippen LogP contribution in [0, 0.1) is 5.82 Å². The summed E-state index contributed by atoms with van der Waals surface area (Å²) in [6.45, 7) is 0.351. The molecule has 0 fully saturated rings. The Bertz CT molecular complexity index is 1180. The number of sulfonamides is 1. The van der Waals surface area contributed by atoms with Crippen molar-refractivity contribution >= 4 is 22.0 Å². The Balaban J connectivity index is 1.50. The van der Waals surface area contributed by atoms with E-state index in [9.17, 15) is 17.6 Å². The van der Waals surface area contributed by atoms with Crippen molar-refractivity contribution in [3.63, 3.8) is 0 Å². The first-order valence-electron chi connectivity index (χ1n) is 9.26. The van der Waals surface area contributed by atoms with Crippen LogP contribution < -0.4 is 15.2 Å². The number of pyridine rings is 1. The molecule has 160 valence electrons. The van der Waals surface area contributed by atoms with Gasteiger partial charge in [-0.25, -0.2) is 17.9 Å². The Kier molecular flexibility index (Phi) is 7.11. The Morgan fingerprint density at radius 1 is 1.16 bits per heavy atom. The van der Waals surface area contributed by atoms with E-state index in [-0.39, 0.29) is 16.6 Å². The molecule has 0 unspecified atom stereocenters. The van der Waals surface area contributed by atoms with Crippen LogP contribution in [-0.2, 0) is 21.2 Å². The molecule has 3 rings (SSSR count). The van der Waals surface area contributed by atoms with Gasteiger partial charge in [-0.15, -0.1) is 0 Å². The van der Waals surface area contributed by atoms with Crippen molar-refractivity contribution in [1.82, 2.24) is 10.3 Å². The van der Waals surface area contributed by atoms with Gasteiger partial charge in [0.2, 0.25) is 15.9 Å². The number of nitrogens with two attached hydrogens (primary N) is 1. The molecule has 0 bridgehead atoms. The molecule has 3 N–H and O–H groups in total. The predicted octanol–water partition coefficient (Wildman–Crippen LogP) is 3.03. The quantitative estimate of drug-likeness (QED) is 0.522. The fraction of sp³-hybridized carbons (Fsp3) is 0.0909. The highest BCUT2D eigenvalue weighted by molar-refractivity contribution is 7.89. The van der Waals surface area contributed by atoms with Crippen molar-refractivity contribution in [1.29, 1.82) is 0 Å². The van der Waals surface area contributed by atoms with Gasteiger partial charge in [0.05, 0.1) is 11.1 Å². The van der Waals surface area contributed by atoms with Crippen molar-refractivity contribution < 1.29 is 22.3 Å². The monoisotopic (exact) mass is 441 g/mol. The molecule has 0 aliphatic rings. The van der Waals surface area contributed by atoms with Crippen LogP contribution in [0.5, 0.6) is 11.5 Å². The largest absolute Gasteiger partial charge is 0.453 e. The summed E-state index contributed by atoms with van der Waals surface area (Å²) in [4.78, 5) is 15.9. The number of primary sulfonamides is 1. The average molecular weight is 441 g/mol. The van der Waals surface area contributed by atoms with Crippen LogP contribution in [0.1, 0.15) is 11.1 Å². The number of ether oxygens (including phenoxy) is 1. The number of hydrogen-bond acceptors (Lipinski definition) is 5. The highest BCUT2D eigenvalue weighted by Crippen LogP contribution is 2.24. The minimum Gasteiger partial charge on any atom is -0.453 e. The van der Waals surface area contributed by atoms with Crippen molar-refractivity contribution in [2.45, 2.75) is 11.3 Å². The minimum absolute atomic E-state index is 0.0345. The topological polar surface area (TPSA) is 111 Å². The molecule has 1 heterocycles. The summed E-state index contributed by atoms with van der Waals surface area (Å²) in [6, 6.07) is 13.8. The van der Waals surface area contributed by atoms with Gasteiger partial charge >= 0.3 is 0 Å². The Labute approximate surface area is 179 Å². The minimum atomic E-state index is -3.73. The number of aromatic nitrogens is 1. The van der Waals surface area contributed by atoms with Crippen molar-refractivity contribution in [2.24, 2.45) is 5.14 Å². The molecule has 3 aromatic rings. The lowest BCUT2D eigenvalue weighted by atomic mass is 10.1. The Hall–Kier alpha value is -3.56. The first-order chi connectivity index (χ1) is 14.8. The van der Waals surface area contributed by atoms with Crippen molar-refractivity contribution in [3.05, 3.63) is 90.0 Å². The summed E-state index contributed by atoms with van der Waals surface area (Å²) in [5, 5.41) is 7.77. The van der Waals surface area contributed by atoms with E-state index in [0.29, 0.717) is 24.3 Å². The molecule has 7 nitrogen and oxygen atoms in total. The van der Waals surface area contributed by atoms with Gasteiger partial charge in [-0.1, -0.05) is 18.2 Å². The summed E-state index contributed by atoms with van der Waals surface area (Å²) in [6.07, 6.45) is 6.38. The molecule has 1 amide bonds. The van der Waals surface area contributed by atoms with Crippen LogP contribution in [-0.4, -0.2) is 25.9 Å². The fourth-order valence-electron chi connectivity index (χ4n) is 2.64. The van der Waals surface area contributed by atoms with Gasteiger partial charge in [-0.3, -0.25) is 9.78 Å². The molecule has 9 heteroatoms. The van der Waals surface area contributed by atoms with E-state index in [1.807, 2.05) is 0 Å². The lowest BCUT2D eigenvalue weighted by Crippen LogP contribution is -2.23. The lowest BCUT2D eigenvalue weighted by Gasteiger charge is -2.06. The first-order valence-corrected chi connectivity index (χ1v) is 10.8. The van der Waals surface area contributed by atoms with E-state index in [1.165, 1.54) is 42.6 Å². The maximum absolute atomic E-state index is 14.2. The zero-order valence-corrected chi connectivity index (χ0v) is 17.2. The van der Waals surface area contributed by atoms with Crippen LogP contribution >= 0.6 is 0 Å². The van der Waals surface area contributed by atoms with E-state index < -0.39 is 15.8 Å². The molecule has 0 saturated carbocycles. The summed E-state index contributed by atoms with van der Waals surface area (Å²) in [5.74, 6) is -0.419. The van der Waals surface area contributed by atoms with Gasteiger partial charge in [0, 0.05) is 18.8 Å². The number of halogens is 1. The van der Waals surface area contributed by atoms with Gasteiger partial charge in [-0.05, 0) is 60.0 Å². The molecular weight excluding hydrogens is 421 g/mol. The summed E-state index contributed by atoms with van der Waals surface area (Å²) < 4.78 is 42.1. The second-order valence-electron chi connectivity index (χ2n) is 6.54. The normalized spacial score (nSPS) is 11.4. The number of amides is 1. The van der Waals surface area contributed by atoms with Gasteiger partial charge in [0.15, 0.2) is 11.6 Å². The third kappa shape index (κ3) is 6.73. The second kappa shape index (κ2) is 9.96. The standard InChI is InChI=1S/C22H20FN3O4S/c23-20-14-17(5-9-21(20)30-18-2-1-12-25-15-18)6-10-22(27)26-13-11-16-3-7-19(8-4-16)31(24,28)29/h1-10,12,14-15H,11,13H2,(H,26,27)(H2,24,28,29)/b10-6+.